The lowest BCUT2D eigenvalue weighted by Gasteiger charge is -2.14. The van der Waals surface area contributed by atoms with Crippen molar-refractivity contribution in [3.05, 3.63) is 0 Å². The van der Waals surface area contributed by atoms with Gasteiger partial charge in [-0.05, 0) is 19.3 Å². The zero-order chi connectivity index (χ0) is 19.9. The van der Waals surface area contributed by atoms with Gasteiger partial charge in [-0.25, -0.2) is 0 Å². The molecule has 8 heteroatoms. The zero-order valence-corrected chi connectivity index (χ0v) is 17.3. The van der Waals surface area contributed by atoms with Gasteiger partial charge >= 0.3 is 14.6 Å². The van der Waals surface area contributed by atoms with Crippen LogP contribution in [0.1, 0.15) is 97.8 Å². The molecule has 0 aromatic heterocycles. The van der Waals surface area contributed by atoms with E-state index in [2.05, 4.69) is 20.8 Å². The Kier molecular flexibility index (Phi) is 26.9. The van der Waals surface area contributed by atoms with E-state index in [0.29, 0.717) is 0 Å². The summed E-state index contributed by atoms with van der Waals surface area (Å²) in [5, 5.41) is 21.5. The first-order valence-corrected chi connectivity index (χ1v) is 10.5. The minimum Gasteiger partial charge on any atom is -0.402 e. The quantitative estimate of drug-likeness (QED) is 0.250. The second-order valence-electron chi connectivity index (χ2n) is 6.43. The predicted molar refractivity (Wildman–Crippen MR) is 108 cm³/mol. The van der Waals surface area contributed by atoms with E-state index in [-0.39, 0.29) is 0 Å². The summed E-state index contributed by atoms with van der Waals surface area (Å²) in [7, 11) is -2.62. The van der Waals surface area contributed by atoms with Crippen molar-refractivity contribution < 1.29 is 29.0 Å². The van der Waals surface area contributed by atoms with Gasteiger partial charge in [0.25, 0.3) is 0 Å². The van der Waals surface area contributed by atoms with E-state index in [4.69, 9.17) is 29.0 Å². The fourth-order valence-electron chi connectivity index (χ4n) is 2.27. The standard InChI is InChI=1S/C18H39BO3.BH3O3/c1-4-7-10-13-16-20-19(21-17-14-11-8-5-2)22-18-15-12-9-6-3;2-1(3)4/h4-18H2,1-3H3;2-4H. The van der Waals surface area contributed by atoms with Crippen LogP contribution in [0.5, 0.6) is 0 Å². The Bertz CT molecular complexity index is 212. The maximum absolute atomic E-state index is 7.17. The van der Waals surface area contributed by atoms with E-state index in [1.165, 1.54) is 57.8 Å². The molecule has 0 rings (SSSR count). The first kappa shape index (κ1) is 28.1. The molecule has 0 aromatic rings. The molecular formula is C18H42B2O6. The van der Waals surface area contributed by atoms with Gasteiger partial charge in [0.2, 0.25) is 0 Å². The molecule has 0 heterocycles. The lowest BCUT2D eigenvalue weighted by atomic mass is 10.1. The summed E-state index contributed by atoms with van der Waals surface area (Å²) in [5.74, 6) is 0. The van der Waals surface area contributed by atoms with Gasteiger partial charge in [-0.1, -0.05) is 78.6 Å². The van der Waals surface area contributed by atoms with Crippen molar-refractivity contribution in [1.82, 2.24) is 0 Å². The van der Waals surface area contributed by atoms with Crippen molar-refractivity contribution in [1.29, 1.82) is 0 Å². The van der Waals surface area contributed by atoms with Crippen molar-refractivity contribution in [2.45, 2.75) is 97.8 Å². The van der Waals surface area contributed by atoms with Crippen LogP contribution in [-0.4, -0.2) is 49.5 Å². The molecule has 0 aliphatic rings. The number of hydrogen-bond donors (Lipinski definition) is 3. The third-order valence-corrected chi connectivity index (χ3v) is 3.76. The third kappa shape index (κ3) is 28.7. The smallest absolute Gasteiger partial charge is 0.402 e. The van der Waals surface area contributed by atoms with Crippen LogP contribution in [0.4, 0.5) is 0 Å². The minimum atomic E-state index is -2.17. The molecule has 6 nitrogen and oxygen atoms in total. The van der Waals surface area contributed by atoms with Crippen LogP contribution in [0.15, 0.2) is 0 Å². The summed E-state index contributed by atoms with van der Waals surface area (Å²) in [6.07, 6.45) is 14.6. The minimum absolute atomic E-state index is 0.454. The van der Waals surface area contributed by atoms with Gasteiger partial charge in [0.1, 0.15) is 0 Å². The lowest BCUT2D eigenvalue weighted by molar-refractivity contribution is 0.0886. The van der Waals surface area contributed by atoms with Crippen LogP contribution in [-0.2, 0) is 14.0 Å². The highest BCUT2D eigenvalue weighted by Crippen LogP contribution is 2.05. The van der Waals surface area contributed by atoms with Crippen molar-refractivity contribution in [3.63, 3.8) is 0 Å². The molecule has 26 heavy (non-hydrogen) atoms. The van der Waals surface area contributed by atoms with Gasteiger partial charge < -0.3 is 29.0 Å². The van der Waals surface area contributed by atoms with Gasteiger partial charge in [-0.3, -0.25) is 0 Å². The molecule has 0 bridgehead atoms. The molecule has 0 radical (unpaired) electrons. The number of unbranched alkanes of at least 4 members (excludes halogenated alkanes) is 9. The monoisotopic (exact) mass is 376 g/mol. The topological polar surface area (TPSA) is 88.4 Å². The summed E-state index contributed by atoms with van der Waals surface area (Å²) in [4.78, 5) is 0. The number of rotatable bonds is 18. The molecule has 0 aliphatic heterocycles. The van der Waals surface area contributed by atoms with Crippen molar-refractivity contribution >= 4 is 14.6 Å². The van der Waals surface area contributed by atoms with Crippen LogP contribution >= 0.6 is 0 Å². The maximum Gasteiger partial charge on any atom is 0.639 e. The third-order valence-electron chi connectivity index (χ3n) is 3.76. The van der Waals surface area contributed by atoms with E-state index >= 15 is 0 Å². The van der Waals surface area contributed by atoms with Crippen molar-refractivity contribution in [2.24, 2.45) is 0 Å². The Morgan fingerprint density at radius 3 is 1.00 bits per heavy atom. The van der Waals surface area contributed by atoms with E-state index < -0.39 is 14.6 Å². The van der Waals surface area contributed by atoms with E-state index in [0.717, 1.165) is 39.1 Å². The second-order valence-corrected chi connectivity index (χ2v) is 6.43. The molecule has 0 saturated heterocycles. The normalized spacial score (nSPS) is 10.4. The SMILES string of the molecule is CCCCCCOB(OCCCCCC)OCCCCCC.OB(O)O. The molecule has 0 aromatic carbocycles. The Morgan fingerprint density at radius 2 is 0.769 bits per heavy atom. The Hall–Kier alpha value is -0.110. The Balaban J connectivity index is 0. The van der Waals surface area contributed by atoms with Crippen LogP contribution in [0, 0.1) is 0 Å². The van der Waals surface area contributed by atoms with Gasteiger partial charge in [-0.15, -0.1) is 0 Å². The average Bonchev–Trinajstić information content (AvgIpc) is 2.60. The second kappa shape index (κ2) is 24.9. The van der Waals surface area contributed by atoms with Crippen LogP contribution in [0.2, 0.25) is 0 Å². The summed E-state index contributed by atoms with van der Waals surface area (Å²) in [6.45, 7) is 8.91. The molecule has 0 saturated carbocycles. The molecule has 0 amide bonds. The van der Waals surface area contributed by atoms with Gasteiger partial charge in [0.15, 0.2) is 0 Å². The zero-order valence-electron chi connectivity index (χ0n) is 17.3. The summed E-state index contributed by atoms with van der Waals surface area (Å²) < 4.78 is 17.3. The van der Waals surface area contributed by atoms with Crippen molar-refractivity contribution in [3.8, 4) is 0 Å². The predicted octanol–water partition coefficient (Wildman–Crippen LogP) is 3.71. The van der Waals surface area contributed by atoms with Gasteiger partial charge in [0.05, 0.1) is 0 Å². The molecule has 3 N–H and O–H groups in total. The summed E-state index contributed by atoms with van der Waals surface area (Å²) in [6, 6.07) is 0. The number of hydrogen-bond acceptors (Lipinski definition) is 6. The Morgan fingerprint density at radius 1 is 0.500 bits per heavy atom. The van der Waals surface area contributed by atoms with E-state index in [1.807, 2.05) is 0 Å². The van der Waals surface area contributed by atoms with Gasteiger partial charge in [0, 0.05) is 19.8 Å². The highest BCUT2D eigenvalue weighted by molar-refractivity contribution is 6.36. The molecule has 0 unspecified atom stereocenters. The van der Waals surface area contributed by atoms with Gasteiger partial charge in [-0.2, -0.15) is 0 Å². The largest absolute Gasteiger partial charge is 0.639 e. The van der Waals surface area contributed by atoms with E-state index in [1.54, 1.807) is 0 Å². The summed E-state index contributed by atoms with van der Waals surface area (Å²) >= 11 is 0. The maximum atomic E-state index is 7.17. The molecule has 0 atom stereocenters. The molecule has 156 valence electrons. The Labute approximate surface area is 162 Å². The molecule has 0 aliphatic carbocycles. The van der Waals surface area contributed by atoms with Crippen molar-refractivity contribution in [2.75, 3.05) is 19.8 Å². The summed E-state index contributed by atoms with van der Waals surface area (Å²) in [5.41, 5.74) is 0. The first-order chi connectivity index (χ1) is 12.6. The van der Waals surface area contributed by atoms with Crippen LogP contribution in [0.25, 0.3) is 0 Å². The van der Waals surface area contributed by atoms with E-state index in [9.17, 15) is 0 Å². The van der Waals surface area contributed by atoms with Crippen LogP contribution < -0.4 is 0 Å². The highest BCUT2D eigenvalue weighted by Gasteiger charge is 2.20. The molecular weight excluding hydrogens is 334 g/mol. The lowest BCUT2D eigenvalue weighted by Crippen LogP contribution is -2.28. The fraction of sp³-hybridized carbons (Fsp3) is 1.00. The first-order valence-electron chi connectivity index (χ1n) is 10.5. The highest BCUT2D eigenvalue weighted by atomic mass is 16.7. The average molecular weight is 376 g/mol. The van der Waals surface area contributed by atoms with Crippen LogP contribution in [0.3, 0.4) is 0 Å². The molecule has 0 fully saturated rings. The molecule has 0 spiro atoms. The fourth-order valence-corrected chi connectivity index (χ4v) is 2.27.